The van der Waals surface area contributed by atoms with Gasteiger partial charge in [0.15, 0.2) is 0 Å². The van der Waals surface area contributed by atoms with Crippen LogP contribution >= 0.6 is 0 Å². The van der Waals surface area contributed by atoms with Gasteiger partial charge in [0.1, 0.15) is 11.7 Å². The van der Waals surface area contributed by atoms with Crippen molar-refractivity contribution in [1.29, 1.82) is 0 Å². The van der Waals surface area contributed by atoms with Gasteiger partial charge in [-0.3, -0.25) is 0 Å². The summed E-state index contributed by atoms with van der Waals surface area (Å²) in [7, 11) is 0. The Hall–Kier alpha value is -1.86. The quantitative estimate of drug-likeness (QED) is 0.590. The molecule has 1 aromatic heterocycles. The molecule has 0 spiro atoms. The van der Waals surface area contributed by atoms with Crippen molar-refractivity contribution < 1.29 is 29.3 Å². The molecule has 3 N–H and O–H groups in total. The molecule has 9 atom stereocenters. The molecule has 0 amide bonds. The average Bonchev–Trinajstić information content (AvgIpc) is 2.96. The van der Waals surface area contributed by atoms with Crippen LogP contribution in [0, 0.1) is 28.6 Å². The van der Waals surface area contributed by atoms with Gasteiger partial charge < -0.3 is 24.5 Å². The van der Waals surface area contributed by atoms with Gasteiger partial charge in [-0.15, -0.1) is 0 Å². The molecule has 5 rings (SSSR count). The molecule has 0 unspecified atom stereocenters. The van der Waals surface area contributed by atoms with Crippen LogP contribution in [-0.2, 0) is 4.74 Å². The second-order valence-electron chi connectivity index (χ2n) is 11.3. The summed E-state index contributed by atoms with van der Waals surface area (Å²) >= 11 is 0. The van der Waals surface area contributed by atoms with Crippen molar-refractivity contribution >= 4 is 6.16 Å². The first kappa shape index (κ1) is 22.0. The fraction of sp³-hybridized carbons (Fsp3) is 0.760. The SMILES string of the molecule is C[C@]12CC[C@H](O)C[C@H]1CC[C@H]1[C@@H]2CC[C@@]2(C)[C@H](c3ccc(=O)oc3)C[C@@H](OC(=O)O)[C@]12O. The van der Waals surface area contributed by atoms with Gasteiger partial charge in [-0.05, 0) is 92.1 Å². The van der Waals surface area contributed by atoms with Crippen LogP contribution in [0.4, 0.5) is 4.79 Å². The lowest BCUT2D eigenvalue weighted by Gasteiger charge is -2.64. The van der Waals surface area contributed by atoms with Gasteiger partial charge in [0, 0.05) is 11.5 Å². The summed E-state index contributed by atoms with van der Waals surface area (Å²) < 4.78 is 10.5. The van der Waals surface area contributed by atoms with Gasteiger partial charge in [0.05, 0.1) is 12.4 Å². The van der Waals surface area contributed by atoms with Crippen LogP contribution < -0.4 is 5.63 Å². The van der Waals surface area contributed by atoms with Gasteiger partial charge in [0.25, 0.3) is 0 Å². The first-order valence-corrected chi connectivity index (χ1v) is 12.0. The smallest absolute Gasteiger partial charge is 0.450 e. The third kappa shape index (κ3) is 2.93. The van der Waals surface area contributed by atoms with Gasteiger partial charge in [0.2, 0.25) is 0 Å². The van der Waals surface area contributed by atoms with E-state index in [0.717, 1.165) is 50.5 Å². The standard InChI is InChI=1S/C25H34O7/c1-23-9-7-16(26)11-15(23)4-5-18-17(23)8-10-24(2)19(14-3-6-21(27)31-13-14)12-20(25(18,24)30)32-22(28)29/h3,6,13,15-20,26,30H,4-5,7-12H2,1-2H3,(H,28,29)/t15-,16+,17+,18+,19+,20-,23+,24+,25-/m1/s1. The molecular weight excluding hydrogens is 412 g/mol. The number of carbonyl (C=O) groups is 1. The van der Waals surface area contributed by atoms with E-state index in [1.807, 2.05) is 0 Å². The molecule has 4 aliphatic carbocycles. The molecule has 176 valence electrons. The van der Waals surface area contributed by atoms with E-state index in [1.54, 1.807) is 6.07 Å². The van der Waals surface area contributed by atoms with Crippen LogP contribution in [0.5, 0.6) is 0 Å². The Morgan fingerprint density at radius 2 is 1.88 bits per heavy atom. The molecule has 4 fully saturated rings. The van der Waals surface area contributed by atoms with Crippen LogP contribution in [0.25, 0.3) is 0 Å². The van der Waals surface area contributed by atoms with Crippen LogP contribution in [0.1, 0.15) is 76.7 Å². The lowest BCUT2D eigenvalue weighted by Crippen LogP contribution is -2.65. The Balaban J connectivity index is 1.56. The largest absolute Gasteiger partial charge is 0.506 e. The van der Waals surface area contributed by atoms with Crippen LogP contribution in [-0.4, -0.2) is 39.3 Å². The number of rotatable bonds is 2. The van der Waals surface area contributed by atoms with E-state index in [9.17, 15) is 24.9 Å². The Kier molecular flexibility index (Phi) is 5.02. The summed E-state index contributed by atoms with van der Waals surface area (Å²) in [5, 5.41) is 32.2. The van der Waals surface area contributed by atoms with Crippen molar-refractivity contribution in [2.75, 3.05) is 0 Å². The Morgan fingerprint density at radius 1 is 1.09 bits per heavy atom. The number of aliphatic hydroxyl groups is 2. The molecule has 0 radical (unpaired) electrons. The molecule has 0 bridgehead atoms. The highest BCUT2D eigenvalue weighted by Crippen LogP contribution is 2.71. The number of hydrogen-bond acceptors (Lipinski definition) is 6. The van der Waals surface area contributed by atoms with E-state index in [2.05, 4.69) is 13.8 Å². The predicted molar refractivity (Wildman–Crippen MR) is 115 cm³/mol. The average molecular weight is 447 g/mol. The highest BCUT2D eigenvalue weighted by Gasteiger charge is 2.72. The Labute approximate surface area is 187 Å². The highest BCUT2D eigenvalue weighted by atomic mass is 16.7. The number of ether oxygens (including phenoxy) is 1. The number of hydrogen-bond donors (Lipinski definition) is 3. The number of aliphatic hydroxyl groups excluding tert-OH is 1. The van der Waals surface area contributed by atoms with E-state index in [-0.39, 0.29) is 29.3 Å². The first-order valence-electron chi connectivity index (χ1n) is 12.0. The summed E-state index contributed by atoms with van der Waals surface area (Å²) in [6.07, 6.45) is 5.36. The zero-order valence-electron chi connectivity index (χ0n) is 18.8. The van der Waals surface area contributed by atoms with Crippen LogP contribution in [0.15, 0.2) is 27.6 Å². The minimum absolute atomic E-state index is 0.0323. The second kappa shape index (κ2) is 7.32. The van der Waals surface area contributed by atoms with Gasteiger partial charge >= 0.3 is 11.8 Å². The summed E-state index contributed by atoms with van der Waals surface area (Å²) in [5.74, 6) is 0.461. The zero-order valence-corrected chi connectivity index (χ0v) is 18.8. The minimum Gasteiger partial charge on any atom is -0.450 e. The van der Waals surface area contributed by atoms with Crippen LogP contribution in [0.3, 0.4) is 0 Å². The Morgan fingerprint density at radius 3 is 2.56 bits per heavy atom. The maximum Gasteiger partial charge on any atom is 0.506 e. The predicted octanol–water partition coefficient (Wildman–Crippen LogP) is 3.92. The van der Waals surface area contributed by atoms with E-state index in [4.69, 9.17) is 9.15 Å². The summed E-state index contributed by atoms with van der Waals surface area (Å²) in [6.45, 7) is 4.38. The lowest BCUT2D eigenvalue weighted by molar-refractivity contribution is -0.234. The molecular formula is C25H34O7. The van der Waals surface area contributed by atoms with Crippen molar-refractivity contribution in [1.82, 2.24) is 0 Å². The highest BCUT2D eigenvalue weighted by molar-refractivity contribution is 5.57. The topological polar surface area (TPSA) is 117 Å². The lowest BCUT2D eigenvalue weighted by atomic mass is 9.43. The Bertz CT molecular complexity index is 937. The van der Waals surface area contributed by atoms with E-state index in [0.29, 0.717) is 12.3 Å². The van der Waals surface area contributed by atoms with Crippen molar-refractivity contribution in [2.45, 2.75) is 88.9 Å². The van der Waals surface area contributed by atoms with Gasteiger partial charge in [-0.25, -0.2) is 9.59 Å². The third-order valence-electron chi connectivity index (χ3n) is 10.2. The normalized spacial score (nSPS) is 47.8. The van der Waals surface area contributed by atoms with Gasteiger partial charge in [-0.2, -0.15) is 0 Å². The summed E-state index contributed by atoms with van der Waals surface area (Å²) in [5.41, 5.74) is -1.48. The maximum absolute atomic E-state index is 12.5. The summed E-state index contributed by atoms with van der Waals surface area (Å²) in [4.78, 5) is 23.1. The number of carboxylic acid groups (broad SMARTS) is 1. The van der Waals surface area contributed by atoms with E-state index in [1.165, 1.54) is 12.3 Å². The van der Waals surface area contributed by atoms with Crippen molar-refractivity contribution in [3.8, 4) is 0 Å². The van der Waals surface area contributed by atoms with Crippen LogP contribution in [0.2, 0.25) is 0 Å². The molecule has 7 heteroatoms. The fourth-order valence-electron chi connectivity index (χ4n) is 8.56. The molecule has 7 nitrogen and oxygen atoms in total. The molecule has 1 heterocycles. The molecule has 0 saturated heterocycles. The zero-order chi connectivity index (χ0) is 22.9. The number of fused-ring (bicyclic) bond motifs is 5. The molecule has 0 aromatic carbocycles. The fourth-order valence-corrected chi connectivity index (χ4v) is 8.56. The van der Waals surface area contributed by atoms with Crippen molar-refractivity contribution in [3.63, 3.8) is 0 Å². The van der Waals surface area contributed by atoms with E-state index >= 15 is 0 Å². The molecule has 1 aromatic rings. The monoisotopic (exact) mass is 446 g/mol. The molecule has 32 heavy (non-hydrogen) atoms. The second-order valence-corrected chi connectivity index (χ2v) is 11.3. The molecule has 0 aliphatic heterocycles. The maximum atomic E-state index is 12.5. The third-order valence-corrected chi connectivity index (χ3v) is 10.2. The van der Waals surface area contributed by atoms with Crippen molar-refractivity contribution in [3.05, 3.63) is 34.4 Å². The first-order chi connectivity index (χ1) is 15.1. The van der Waals surface area contributed by atoms with E-state index < -0.39 is 28.9 Å². The molecule has 4 saturated carbocycles. The molecule has 4 aliphatic rings. The summed E-state index contributed by atoms with van der Waals surface area (Å²) in [6, 6.07) is 3.12. The van der Waals surface area contributed by atoms with Gasteiger partial charge in [-0.1, -0.05) is 13.8 Å². The van der Waals surface area contributed by atoms with Crippen molar-refractivity contribution in [2.24, 2.45) is 28.6 Å². The minimum atomic E-state index is -1.37.